The van der Waals surface area contributed by atoms with Crippen molar-refractivity contribution in [2.75, 3.05) is 13.2 Å². The summed E-state index contributed by atoms with van der Waals surface area (Å²) in [4.78, 5) is 0. The SMILES string of the molecule is c1cc(OCCOC2CCCC2)ccc1CNC1CC1. The quantitative estimate of drug-likeness (QED) is 0.739. The molecule has 20 heavy (non-hydrogen) atoms. The van der Waals surface area contributed by atoms with Gasteiger partial charge < -0.3 is 14.8 Å². The van der Waals surface area contributed by atoms with Crippen molar-refractivity contribution < 1.29 is 9.47 Å². The van der Waals surface area contributed by atoms with Crippen LogP contribution in [0.25, 0.3) is 0 Å². The molecule has 0 aliphatic heterocycles. The van der Waals surface area contributed by atoms with Crippen molar-refractivity contribution in [3.8, 4) is 5.75 Å². The highest BCUT2D eigenvalue weighted by Gasteiger charge is 2.19. The normalized spacial score (nSPS) is 19.4. The fraction of sp³-hybridized carbons (Fsp3) is 0.647. The van der Waals surface area contributed by atoms with Gasteiger partial charge in [0.1, 0.15) is 12.4 Å². The third-order valence-electron chi connectivity index (χ3n) is 4.10. The molecule has 0 radical (unpaired) electrons. The fourth-order valence-electron chi connectivity index (χ4n) is 2.68. The van der Waals surface area contributed by atoms with E-state index < -0.39 is 0 Å². The van der Waals surface area contributed by atoms with Crippen molar-refractivity contribution in [3.05, 3.63) is 29.8 Å². The molecule has 0 aromatic heterocycles. The van der Waals surface area contributed by atoms with E-state index in [1.165, 1.54) is 44.1 Å². The van der Waals surface area contributed by atoms with Gasteiger partial charge in [0, 0.05) is 12.6 Å². The number of benzene rings is 1. The van der Waals surface area contributed by atoms with Crippen LogP contribution in [0.2, 0.25) is 0 Å². The van der Waals surface area contributed by atoms with Crippen LogP contribution in [0.1, 0.15) is 44.1 Å². The van der Waals surface area contributed by atoms with Gasteiger partial charge in [0.05, 0.1) is 12.7 Å². The van der Waals surface area contributed by atoms with Crippen LogP contribution in [-0.4, -0.2) is 25.4 Å². The molecule has 110 valence electrons. The molecular formula is C17H25NO2. The molecule has 2 fully saturated rings. The lowest BCUT2D eigenvalue weighted by Crippen LogP contribution is -2.15. The monoisotopic (exact) mass is 275 g/mol. The van der Waals surface area contributed by atoms with Gasteiger partial charge in [-0.25, -0.2) is 0 Å². The Morgan fingerprint density at radius 1 is 0.950 bits per heavy atom. The summed E-state index contributed by atoms with van der Waals surface area (Å²) >= 11 is 0. The molecule has 0 saturated heterocycles. The zero-order valence-corrected chi connectivity index (χ0v) is 12.1. The number of rotatable bonds is 8. The predicted octanol–water partition coefficient (Wildman–Crippen LogP) is 3.28. The maximum atomic E-state index is 5.79. The van der Waals surface area contributed by atoms with Crippen molar-refractivity contribution in [3.63, 3.8) is 0 Å². The van der Waals surface area contributed by atoms with Crippen LogP contribution in [0, 0.1) is 0 Å². The molecule has 0 unspecified atom stereocenters. The molecule has 3 heteroatoms. The van der Waals surface area contributed by atoms with Gasteiger partial charge in [-0.1, -0.05) is 25.0 Å². The molecule has 0 bridgehead atoms. The summed E-state index contributed by atoms with van der Waals surface area (Å²) in [5.74, 6) is 0.940. The van der Waals surface area contributed by atoms with Crippen LogP contribution in [0.15, 0.2) is 24.3 Å². The second-order valence-electron chi connectivity index (χ2n) is 5.92. The van der Waals surface area contributed by atoms with Gasteiger partial charge in [-0.3, -0.25) is 0 Å². The first-order valence-electron chi connectivity index (χ1n) is 7.97. The molecule has 3 nitrogen and oxygen atoms in total. The Hall–Kier alpha value is -1.06. The largest absolute Gasteiger partial charge is 0.491 e. The maximum absolute atomic E-state index is 5.79. The average Bonchev–Trinajstić information content (AvgIpc) is 3.17. The van der Waals surface area contributed by atoms with Gasteiger partial charge >= 0.3 is 0 Å². The summed E-state index contributed by atoms with van der Waals surface area (Å²) in [6.07, 6.45) is 8.24. The van der Waals surface area contributed by atoms with Crippen molar-refractivity contribution in [2.45, 2.75) is 57.2 Å². The third kappa shape index (κ3) is 4.50. The fourth-order valence-corrected chi connectivity index (χ4v) is 2.68. The first kappa shape index (κ1) is 13.9. The zero-order chi connectivity index (χ0) is 13.6. The smallest absolute Gasteiger partial charge is 0.119 e. The van der Waals surface area contributed by atoms with E-state index in [0.29, 0.717) is 19.3 Å². The molecule has 1 N–H and O–H groups in total. The van der Waals surface area contributed by atoms with E-state index in [-0.39, 0.29) is 0 Å². The lowest BCUT2D eigenvalue weighted by atomic mass is 10.2. The first-order chi connectivity index (χ1) is 9.90. The summed E-state index contributed by atoms with van der Waals surface area (Å²) in [6.45, 7) is 2.32. The second-order valence-corrected chi connectivity index (χ2v) is 5.92. The second kappa shape index (κ2) is 7.09. The Morgan fingerprint density at radius 3 is 2.40 bits per heavy atom. The highest BCUT2D eigenvalue weighted by molar-refractivity contribution is 5.27. The molecule has 0 amide bonds. The van der Waals surface area contributed by atoms with Crippen LogP contribution in [0.3, 0.4) is 0 Å². The molecule has 2 saturated carbocycles. The van der Waals surface area contributed by atoms with E-state index in [0.717, 1.165) is 18.3 Å². The van der Waals surface area contributed by atoms with Gasteiger partial charge in [-0.15, -0.1) is 0 Å². The Labute approximate surface area is 121 Å². The van der Waals surface area contributed by atoms with Gasteiger partial charge in [-0.05, 0) is 43.4 Å². The third-order valence-corrected chi connectivity index (χ3v) is 4.10. The van der Waals surface area contributed by atoms with Gasteiger partial charge in [0.25, 0.3) is 0 Å². The molecule has 0 heterocycles. The Morgan fingerprint density at radius 2 is 1.70 bits per heavy atom. The number of hydrogen-bond donors (Lipinski definition) is 1. The molecule has 2 aliphatic rings. The summed E-state index contributed by atoms with van der Waals surface area (Å²) in [5, 5.41) is 3.52. The van der Waals surface area contributed by atoms with Crippen molar-refractivity contribution in [2.24, 2.45) is 0 Å². The first-order valence-corrected chi connectivity index (χ1v) is 7.97. The topological polar surface area (TPSA) is 30.5 Å². The van der Waals surface area contributed by atoms with Crippen LogP contribution in [0.4, 0.5) is 0 Å². The number of ether oxygens (including phenoxy) is 2. The zero-order valence-electron chi connectivity index (χ0n) is 12.1. The lowest BCUT2D eigenvalue weighted by molar-refractivity contribution is 0.0382. The summed E-state index contributed by atoms with van der Waals surface area (Å²) in [6, 6.07) is 9.16. The Bertz CT molecular complexity index is 394. The molecule has 0 atom stereocenters. The molecule has 1 aromatic carbocycles. The van der Waals surface area contributed by atoms with Crippen LogP contribution >= 0.6 is 0 Å². The van der Waals surface area contributed by atoms with Crippen LogP contribution < -0.4 is 10.1 Å². The Balaban J connectivity index is 1.32. The van der Waals surface area contributed by atoms with Gasteiger partial charge in [-0.2, -0.15) is 0 Å². The van der Waals surface area contributed by atoms with E-state index in [1.807, 2.05) is 0 Å². The van der Waals surface area contributed by atoms with Gasteiger partial charge in [0.2, 0.25) is 0 Å². The Kier molecular flexibility index (Phi) is 4.93. The molecule has 0 spiro atoms. The van der Waals surface area contributed by atoms with Crippen molar-refractivity contribution >= 4 is 0 Å². The minimum absolute atomic E-state index is 0.481. The van der Waals surface area contributed by atoms with Crippen molar-refractivity contribution in [1.82, 2.24) is 5.32 Å². The molecule has 1 aromatic rings. The van der Waals surface area contributed by atoms with Gasteiger partial charge in [0.15, 0.2) is 0 Å². The van der Waals surface area contributed by atoms with E-state index in [1.54, 1.807) is 0 Å². The minimum atomic E-state index is 0.481. The highest BCUT2D eigenvalue weighted by Crippen LogP contribution is 2.21. The summed E-state index contributed by atoms with van der Waals surface area (Å²) in [5.41, 5.74) is 1.33. The summed E-state index contributed by atoms with van der Waals surface area (Å²) in [7, 11) is 0. The molecule has 3 rings (SSSR count). The predicted molar refractivity (Wildman–Crippen MR) is 80.0 cm³/mol. The van der Waals surface area contributed by atoms with E-state index in [9.17, 15) is 0 Å². The minimum Gasteiger partial charge on any atom is -0.491 e. The van der Waals surface area contributed by atoms with E-state index in [4.69, 9.17) is 9.47 Å². The number of hydrogen-bond acceptors (Lipinski definition) is 3. The molecule has 2 aliphatic carbocycles. The lowest BCUT2D eigenvalue weighted by Gasteiger charge is -2.12. The van der Waals surface area contributed by atoms with Crippen molar-refractivity contribution in [1.29, 1.82) is 0 Å². The summed E-state index contributed by atoms with van der Waals surface area (Å²) < 4.78 is 11.5. The highest BCUT2D eigenvalue weighted by atomic mass is 16.5. The van der Waals surface area contributed by atoms with E-state index >= 15 is 0 Å². The standard InChI is InChI=1S/C17H25NO2/c1-2-4-16(3-1)19-11-12-20-17-9-5-14(6-10-17)13-18-15-7-8-15/h5-6,9-10,15-16,18H,1-4,7-8,11-13H2. The van der Waals surface area contributed by atoms with Crippen LogP contribution in [0.5, 0.6) is 5.75 Å². The number of nitrogens with one attached hydrogen (secondary N) is 1. The van der Waals surface area contributed by atoms with Crippen LogP contribution in [-0.2, 0) is 11.3 Å². The maximum Gasteiger partial charge on any atom is 0.119 e. The molecular weight excluding hydrogens is 250 g/mol. The van der Waals surface area contributed by atoms with E-state index in [2.05, 4.69) is 29.6 Å². The average molecular weight is 275 g/mol.